The van der Waals surface area contributed by atoms with E-state index in [1.54, 1.807) is 12.3 Å². The van der Waals surface area contributed by atoms with Gasteiger partial charge in [0.25, 0.3) is 0 Å². The number of methoxy groups -OCH3 is 1. The first kappa shape index (κ1) is 13.2. The van der Waals surface area contributed by atoms with Gasteiger partial charge in [0.05, 0.1) is 30.3 Å². The lowest BCUT2D eigenvalue weighted by atomic mass is 10.1. The van der Waals surface area contributed by atoms with Crippen molar-refractivity contribution in [3.8, 4) is 0 Å². The second-order valence-electron chi connectivity index (χ2n) is 4.51. The zero-order valence-electron chi connectivity index (χ0n) is 11.4. The highest BCUT2D eigenvalue weighted by Crippen LogP contribution is 2.25. The van der Waals surface area contributed by atoms with E-state index in [1.807, 2.05) is 24.3 Å². The number of nitrogens with zero attached hydrogens (tertiary/aromatic N) is 3. The molecule has 0 N–H and O–H groups in total. The summed E-state index contributed by atoms with van der Waals surface area (Å²) in [5, 5.41) is 4.82. The van der Waals surface area contributed by atoms with Gasteiger partial charge in [0, 0.05) is 12.6 Å². The average Bonchev–Trinajstić information content (AvgIpc) is 2.91. The minimum absolute atomic E-state index is 0.131. The Morgan fingerprint density at radius 2 is 2.29 bits per heavy atom. The average molecular weight is 283 g/mol. The Hall–Kier alpha value is -2.76. The van der Waals surface area contributed by atoms with Crippen LogP contribution in [0.15, 0.2) is 50.5 Å². The molecular formula is C15H13N3O3. The van der Waals surface area contributed by atoms with Gasteiger partial charge in [-0.2, -0.15) is 0 Å². The molecule has 0 spiro atoms. The minimum atomic E-state index is -0.327. The molecule has 0 saturated heterocycles. The van der Waals surface area contributed by atoms with Crippen LogP contribution < -0.4 is 0 Å². The van der Waals surface area contributed by atoms with Crippen LogP contribution >= 0.6 is 0 Å². The Balaban J connectivity index is 1.89. The molecule has 2 heterocycles. The number of aliphatic imine (C=N–C) groups is 2. The third-order valence-electron chi connectivity index (χ3n) is 3.05. The first-order valence-corrected chi connectivity index (χ1v) is 6.48. The lowest BCUT2D eigenvalue weighted by molar-refractivity contribution is -0.139. The lowest BCUT2D eigenvalue weighted by Crippen LogP contribution is -2.07. The zero-order chi connectivity index (χ0) is 14.7. The highest BCUT2D eigenvalue weighted by atomic mass is 16.5. The van der Waals surface area contributed by atoms with Gasteiger partial charge in [0.1, 0.15) is 0 Å². The van der Waals surface area contributed by atoms with Crippen LogP contribution in [0.3, 0.4) is 0 Å². The molecule has 1 aliphatic rings. The molecule has 1 aromatic carbocycles. The predicted octanol–water partition coefficient (Wildman–Crippen LogP) is 2.82. The fraction of sp³-hybridized carbons (Fsp3) is 0.200. The molecule has 0 bridgehead atoms. The van der Waals surface area contributed by atoms with Crippen molar-refractivity contribution >= 4 is 34.7 Å². The van der Waals surface area contributed by atoms with Crippen LogP contribution in [0.2, 0.25) is 0 Å². The van der Waals surface area contributed by atoms with Crippen molar-refractivity contribution in [1.82, 2.24) is 5.16 Å². The van der Waals surface area contributed by atoms with Crippen molar-refractivity contribution in [1.29, 1.82) is 0 Å². The predicted molar refractivity (Wildman–Crippen MR) is 78.9 cm³/mol. The summed E-state index contributed by atoms with van der Waals surface area (Å²) in [5.74, 6) is 0.205. The summed E-state index contributed by atoms with van der Waals surface area (Å²) in [6, 6.07) is 7.53. The third kappa shape index (κ3) is 2.89. The molecule has 2 aromatic rings. The van der Waals surface area contributed by atoms with Crippen LogP contribution in [-0.2, 0) is 9.53 Å². The molecule has 6 nitrogen and oxygen atoms in total. The van der Waals surface area contributed by atoms with Crippen LogP contribution in [0, 0.1) is 0 Å². The molecule has 0 atom stereocenters. The molecule has 106 valence electrons. The van der Waals surface area contributed by atoms with E-state index in [4.69, 9.17) is 4.52 Å². The number of rotatable bonds is 3. The normalized spacial score (nSPS) is 16.2. The quantitative estimate of drug-likeness (QED) is 0.811. The van der Waals surface area contributed by atoms with E-state index < -0.39 is 0 Å². The first-order chi connectivity index (χ1) is 10.3. The fourth-order valence-electron chi connectivity index (χ4n) is 2.03. The van der Waals surface area contributed by atoms with Crippen molar-refractivity contribution in [3.05, 3.63) is 36.0 Å². The van der Waals surface area contributed by atoms with E-state index in [0.29, 0.717) is 23.5 Å². The Morgan fingerprint density at radius 1 is 1.43 bits per heavy atom. The van der Waals surface area contributed by atoms with Crippen LogP contribution in [0.25, 0.3) is 11.0 Å². The highest BCUT2D eigenvalue weighted by molar-refractivity contribution is 6.07. The van der Waals surface area contributed by atoms with Crippen molar-refractivity contribution < 1.29 is 14.1 Å². The number of para-hydroxylation sites is 1. The summed E-state index contributed by atoms with van der Waals surface area (Å²) in [5.41, 5.74) is 2.10. The molecular weight excluding hydrogens is 270 g/mol. The summed E-state index contributed by atoms with van der Waals surface area (Å²) < 4.78 is 9.84. The van der Waals surface area contributed by atoms with Crippen molar-refractivity contribution in [2.75, 3.05) is 7.11 Å². The van der Waals surface area contributed by atoms with Crippen LogP contribution in [-0.4, -0.2) is 30.2 Å². The number of esters is 1. The van der Waals surface area contributed by atoms with E-state index >= 15 is 0 Å². The smallest absolute Gasteiger partial charge is 0.311 e. The Bertz CT molecular complexity index is 771. The molecule has 0 aliphatic carbocycles. The van der Waals surface area contributed by atoms with Gasteiger partial charge in [-0.05, 0) is 18.2 Å². The Morgan fingerprint density at radius 3 is 3.14 bits per heavy atom. The Kier molecular flexibility index (Phi) is 3.59. The summed E-state index contributed by atoms with van der Waals surface area (Å²) in [6.45, 7) is 0. The van der Waals surface area contributed by atoms with Gasteiger partial charge in [0.2, 0.25) is 5.82 Å². The SMILES string of the molecule is COC(=O)CC1=CC(=Nc2noc3ccccc23)CC=N1. The number of carbonyl (C=O) groups is 1. The summed E-state index contributed by atoms with van der Waals surface area (Å²) in [7, 11) is 1.35. The van der Waals surface area contributed by atoms with Gasteiger partial charge < -0.3 is 9.26 Å². The number of benzene rings is 1. The van der Waals surface area contributed by atoms with Gasteiger partial charge in [-0.3, -0.25) is 9.79 Å². The number of ether oxygens (including phenoxy) is 1. The van der Waals surface area contributed by atoms with Gasteiger partial charge in [0.15, 0.2) is 5.58 Å². The second kappa shape index (κ2) is 5.70. The van der Waals surface area contributed by atoms with Crippen molar-refractivity contribution in [2.45, 2.75) is 12.8 Å². The summed E-state index contributed by atoms with van der Waals surface area (Å²) in [4.78, 5) is 19.9. The molecule has 0 unspecified atom stereocenters. The number of hydrogen-bond donors (Lipinski definition) is 0. The lowest BCUT2D eigenvalue weighted by Gasteiger charge is -2.06. The highest BCUT2D eigenvalue weighted by Gasteiger charge is 2.11. The fourth-order valence-corrected chi connectivity index (χ4v) is 2.03. The topological polar surface area (TPSA) is 77.0 Å². The maximum absolute atomic E-state index is 11.3. The standard InChI is InChI=1S/C15H13N3O3/c1-20-14(19)9-11-8-10(6-7-16-11)17-15-12-4-2-3-5-13(12)21-18-15/h2-5,7-8H,6,9H2,1H3. The number of fused-ring (bicyclic) bond motifs is 1. The van der Waals surface area contributed by atoms with E-state index in [0.717, 1.165) is 11.1 Å². The van der Waals surface area contributed by atoms with E-state index in [-0.39, 0.29) is 12.4 Å². The van der Waals surface area contributed by atoms with Crippen molar-refractivity contribution in [2.24, 2.45) is 9.98 Å². The van der Waals surface area contributed by atoms with Gasteiger partial charge >= 0.3 is 5.97 Å². The molecule has 21 heavy (non-hydrogen) atoms. The number of aromatic nitrogens is 1. The van der Waals surface area contributed by atoms with Crippen molar-refractivity contribution in [3.63, 3.8) is 0 Å². The number of allylic oxidation sites excluding steroid dienone is 1. The second-order valence-corrected chi connectivity index (χ2v) is 4.51. The van der Waals surface area contributed by atoms with E-state index in [2.05, 4.69) is 19.9 Å². The summed E-state index contributed by atoms with van der Waals surface area (Å²) in [6.07, 6.45) is 4.22. The molecule has 0 amide bonds. The van der Waals surface area contributed by atoms with Gasteiger partial charge in [-0.15, -0.1) is 0 Å². The van der Waals surface area contributed by atoms with Gasteiger partial charge in [-0.25, -0.2) is 4.99 Å². The molecule has 1 aliphatic heterocycles. The van der Waals surface area contributed by atoms with E-state index in [9.17, 15) is 4.79 Å². The zero-order valence-corrected chi connectivity index (χ0v) is 11.4. The molecule has 0 saturated carbocycles. The monoisotopic (exact) mass is 283 g/mol. The largest absolute Gasteiger partial charge is 0.469 e. The maximum atomic E-state index is 11.3. The van der Waals surface area contributed by atoms with Gasteiger partial charge in [-0.1, -0.05) is 17.3 Å². The molecule has 3 rings (SSSR count). The number of hydrogen-bond acceptors (Lipinski definition) is 6. The summed E-state index contributed by atoms with van der Waals surface area (Å²) >= 11 is 0. The maximum Gasteiger partial charge on any atom is 0.311 e. The number of carbonyl (C=O) groups excluding carboxylic acids is 1. The van der Waals surface area contributed by atoms with Crippen LogP contribution in [0.1, 0.15) is 12.8 Å². The van der Waals surface area contributed by atoms with Crippen LogP contribution in [0.5, 0.6) is 0 Å². The first-order valence-electron chi connectivity index (χ1n) is 6.48. The molecule has 1 aromatic heterocycles. The minimum Gasteiger partial charge on any atom is -0.469 e. The molecule has 0 radical (unpaired) electrons. The Labute approximate surface area is 120 Å². The molecule has 6 heteroatoms. The third-order valence-corrected chi connectivity index (χ3v) is 3.05. The van der Waals surface area contributed by atoms with Crippen LogP contribution in [0.4, 0.5) is 5.82 Å². The molecule has 0 fully saturated rings. The van der Waals surface area contributed by atoms with E-state index in [1.165, 1.54) is 7.11 Å².